The second kappa shape index (κ2) is 9.59. The van der Waals surface area contributed by atoms with Crippen LogP contribution in [0, 0.1) is 11.3 Å². The van der Waals surface area contributed by atoms with Gasteiger partial charge < -0.3 is 0 Å². The van der Waals surface area contributed by atoms with Crippen LogP contribution in [0.1, 0.15) is 37.9 Å². The number of nitrogens with zero attached hydrogens (tertiary/aromatic N) is 3. The summed E-state index contributed by atoms with van der Waals surface area (Å²) in [6.45, 7) is 4.11. The van der Waals surface area contributed by atoms with Crippen molar-refractivity contribution in [2.45, 2.75) is 53.2 Å². The standard InChI is InChI=1S/C25H23N3OS2/c1-3-9-18-15-14-17(16-26)24(27-18)31-21(4-2)25(29)28-19-10-5-7-12-22(19)30-23-13-8-6-11-20(23)28/h5-8,10-15,21H,3-4,9H2,1-2H3. The minimum Gasteiger partial charge on any atom is -0.278 e. The SMILES string of the molecule is CCCc1ccc(C#N)c(SC(CC)C(=O)N2c3ccccc3Sc3ccccc32)n1. The van der Waals surface area contributed by atoms with E-state index >= 15 is 0 Å². The molecule has 0 bridgehead atoms. The zero-order chi connectivity index (χ0) is 21.8. The predicted octanol–water partition coefficient (Wildman–Crippen LogP) is 6.61. The molecule has 1 unspecified atom stereocenters. The van der Waals surface area contributed by atoms with Gasteiger partial charge >= 0.3 is 0 Å². The van der Waals surface area contributed by atoms with Crippen molar-refractivity contribution in [1.82, 2.24) is 4.98 Å². The summed E-state index contributed by atoms with van der Waals surface area (Å²) >= 11 is 3.08. The Morgan fingerprint density at radius 3 is 2.29 bits per heavy atom. The maximum atomic E-state index is 13.9. The lowest BCUT2D eigenvalue weighted by molar-refractivity contribution is -0.117. The van der Waals surface area contributed by atoms with Gasteiger partial charge in [-0.3, -0.25) is 9.69 Å². The maximum absolute atomic E-state index is 13.9. The van der Waals surface area contributed by atoms with Crippen LogP contribution >= 0.6 is 23.5 Å². The van der Waals surface area contributed by atoms with E-state index in [0.717, 1.165) is 39.7 Å². The number of thioether (sulfide) groups is 1. The number of para-hydroxylation sites is 2. The minimum atomic E-state index is -0.347. The van der Waals surface area contributed by atoms with E-state index in [2.05, 4.69) is 13.0 Å². The molecule has 1 amide bonds. The molecule has 31 heavy (non-hydrogen) atoms. The average molecular weight is 446 g/mol. The lowest BCUT2D eigenvalue weighted by Crippen LogP contribution is -2.35. The zero-order valence-corrected chi connectivity index (χ0v) is 19.2. The molecule has 2 aromatic carbocycles. The molecule has 156 valence electrons. The van der Waals surface area contributed by atoms with Crippen LogP contribution in [-0.2, 0) is 11.2 Å². The molecule has 4 nitrogen and oxygen atoms in total. The molecule has 4 rings (SSSR count). The number of hydrogen-bond acceptors (Lipinski definition) is 5. The third-order valence-corrected chi connectivity index (χ3v) is 7.58. The van der Waals surface area contributed by atoms with Crippen molar-refractivity contribution in [3.8, 4) is 6.07 Å². The Kier molecular flexibility index (Phi) is 6.64. The fourth-order valence-corrected chi connectivity index (χ4v) is 5.69. The lowest BCUT2D eigenvalue weighted by atomic mass is 10.2. The third-order valence-electron chi connectivity index (χ3n) is 5.10. The van der Waals surface area contributed by atoms with Gasteiger partial charge in [-0.1, -0.05) is 68.1 Å². The lowest BCUT2D eigenvalue weighted by Gasteiger charge is -2.33. The van der Waals surface area contributed by atoms with Gasteiger partial charge in [-0.15, -0.1) is 0 Å². The maximum Gasteiger partial charge on any atom is 0.245 e. The predicted molar refractivity (Wildman–Crippen MR) is 127 cm³/mol. The first-order chi connectivity index (χ1) is 15.2. The van der Waals surface area contributed by atoms with Crippen LogP contribution in [0.5, 0.6) is 0 Å². The number of carbonyl (C=O) groups is 1. The van der Waals surface area contributed by atoms with Crippen molar-refractivity contribution in [2.24, 2.45) is 0 Å². The molecule has 6 heteroatoms. The molecule has 0 saturated carbocycles. The molecule has 1 atom stereocenters. The molecular weight excluding hydrogens is 422 g/mol. The Labute approximate surface area is 191 Å². The molecule has 0 N–H and O–H groups in total. The Morgan fingerprint density at radius 1 is 1.06 bits per heavy atom. The monoisotopic (exact) mass is 445 g/mol. The summed E-state index contributed by atoms with van der Waals surface area (Å²) in [6, 6.07) is 22.0. The number of nitriles is 1. The summed E-state index contributed by atoms with van der Waals surface area (Å²) < 4.78 is 0. The number of fused-ring (bicyclic) bond motifs is 2. The van der Waals surface area contributed by atoms with Gasteiger partial charge in [-0.25, -0.2) is 4.98 Å². The number of benzene rings is 2. The molecule has 1 aromatic heterocycles. The molecule has 1 aliphatic heterocycles. The van der Waals surface area contributed by atoms with Gasteiger partial charge in [0.15, 0.2) is 0 Å². The summed E-state index contributed by atoms with van der Waals surface area (Å²) in [5.74, 6) is 0.0132. The van der Waals surface area contributed by atoms with Crippen LogP contribution in [0.15, 0.2) is 75.5 Å². The van der Waals surface area contributed by atoms with Gasteiger partial charge in [0.1, 0.15) is 11.1 Å². The molecule has 0 saturated heterocycles. The summed E-state index contributed by atoms with van der Waals surface area (Å²) in [6.07, 6.45) is 2.48. The molecule has 0 fully saturated rings. The zero-order valence-electron chi connectivity index (χ0n) is 17.5. The number of aromatic nitrogens is 1. The third kappa shape index (κ3) is 4.34. The van der Waals surface area contributed by atoms with E-state index in [4.69, 9.17) is 4.98 Å². The number of anilines is 2. The number of rotatable bonds is 6. The van der Waals surface area contributed by atoms with Crippen LogP contribution in [-0.4, -0.2) is 16.1 Å². The van der Waals surface area contributed by atoms with Crippen molar-refractivity contribution in [2.75, 3.05) is 4.90 Å². The topological polar surface area (TPSA) is 57.0 Å². The minimum absolute atomic E-state index is 0.0132. The highest BCUT2D eigenvalue weighted by molar-refractivity contribution is 8.00. The van der Waals surface area contributed by atoms with E-state index in [-0.39, 0.29) is 11.2 Å². The van der Waals surface area contributed by atoms with E-state index in [0.29, 0.717) is 17.0 Å². The van der Waals surface area contributed by atoms with Crippen LogP contribution in [0.25, 0.3) is 0 Å². The van der Waals surface area contributed by atoms with Gasteiger partial charge in [-0.05, 0) is 49.2 Å². The van der Waals surface area contributed by atoms with Gasteiger partial charge in [0.05, 0.1) is 22.2 Å². The Balaban J connectivity index is 1.71. The Morgan fingerprint density at radius 2 is 1.71 bits per heavy atom. The quantitative estimate of drug-likeness (QED) is 0.400. The van der Waals surface area contributed by atoms with Crippen molar-refractivity contribution < 1.29 is 4.79 Å². The normalized spacial score (nSPS) is 13.1. The fourth-order valence-electron chi connectivity index (χ4n) is 3.58. The van der Waals surface area contributed by atoms with Gasteiger partial charge in [0.25, 0.3) is 0 Å². The van der Waals surface area contributed by atoms with Gasteiger partial charge in [-0.2, -0.15) is 5.26 Å². The number of pyridine rings is 1. The number of hydrogen-bond donors (Lipinski definition) is 0. The molecule has 0 spiro atoms. The van der Waals surface area contributed by atoms with E-state index in [1.54, 1.807) is 11.8 Å². The number of carbonyl (C=O) groups excluding carboxylic acids is 1. The van der Waals surface area contributed by atoms with Gasteiger partial charge in [0.2, 0.25) is 5.91 Å². The van der Waals surface area contributed by atoms with Crippen LogP contribution < -0.4 is 4.90 Å². The largest absolute Gasteiger partial charge is 0.278 e. The van der Waals surface area contributed by atoms with E-state index in [1.807, 2.05) is 72.5 Å². The van der Waals surface area contributed by atoms with Crippen molar-refractivity contribution in [3.05, 3.63) is 71.9 Å². The molecule has 2 heterocycles. The second-order valence-corrected chi connectivity index (χ2v) is 9.52. The molecule has 1 aliphatic rings. The van der Waals surface area contributed by atoms with Gasteiger partial charge in [0, 0.05) is 15.5 Å². The first kappa shape index (κ1) is 21.5. The average Bonchev–Trinajstić information content (AvgIpc) is 2.81. The Hall–Kier alpha value is -2.75. The smallest absolute Gasteiger partial charge is 0.245 e. The molecule has 3 aromatic rings. The van der Waals surface area contributed by atoms with Crippen molar-refractivity contribution >= 4 is 40.8 Å². The number of amides is 1. The molecular formula is C25H23N3OS2. The van der Waals surface area contributed by atoms with Crippen LogP contribution in [0.2, 0.25) is 0 Å². The van der Waals surface area contributed by atoms with Crippen molar-refractivity contribution in [1.29, 1.82) is 5.26 Å². The van der Waals surface area contributed by atoms with E-state index in [9.17, 15) is 10.1 Å². The molecule has 0 aliphatic carbocycles. The first-order valence-electron chi connectivity index (χ1n) is 10.4. The van der Waals surface area contributed by atoms with Crippen LogP contribution in [0.4, 0.5) is 11.4 Å². The fraction of sp³-hybridized carbons (Fsp3) is 0.240. The summed E-state index contributed by atoms with van der Waals surface area (Å²) in [7, 11) is 0. The highest BCUT2D eigenvalue weighted by Crippen LogP contribution is 2.48. The second-order valence-electron chi connectivity index (χ2n) is 7.24. The Bertz CT molecular complexity index is 1110. The van der Waals surface area contributed by atoms with Crippen molar-refractivity contribution in [3.63, 3.8) is 0 Å². The van der Waals surface area contributed by atoms with Crippen LogP contribution in [0.3, 0.4) is 0 Å². The summed E-state index contributed by atoms with van der Waals surface area (Å²) in [4.78, 5) is 22.5. The van der Waals surface area contributed by atoms with E-state index < -0.39 is 0 Å². The van der Waals surface area contributed by atoms with E-state index in [1.165, 1.54) is 11.8 Å². The summed E-state index contributed by atoms with van der Waals surface area (Å²) in [5, 5.41) is 9.86. The highest BCUT2D eigenvalue weighted by Gasteiger charge is 2.33. The molecule has 0 radical (unpaired) electrons. The number of aryl methyl sites for hydroxylation is 1. The first-order valence-corrected chi connectivity index (χ1v) is 12.1. The summed E-state index contributed by atoms with van der Waals surface area (Å²) in [5.41, 5.74) is 3.29. The highest BCUT2D eigenvalue weighted by atomic mass is 32.2.